The molecule has 0 heterocycles. The van der Waals surface area contributed by atoms with Crippen LogP contribution in [-0.4, -0.2) is 32.8 Å². The number of anilines is 1. The van der Waals surface area contributed by atoms with E-state index in [4.69, 9.17) is 0 Å². The van der Waals surface area contributed by atoms with Crippen molar-refractivity contribution >= 4 is 27.5 Å². The van der Waals surface area contributed by atoms with Gasteiger partial charge in [-0.05, 0) is 68.7 Å². The molecule has 0 fully saturated rings. The van der Waals surface area contributed by atoms with Gasteiger partial charge in [0, 0.05) is 17.8 Å². The number of carbonyl (C=O) groups is 2. The van der Waals surface area contributed by atoms with Crippen LogP contribution in [0.5, 0.6) is 0 Å². The summed E-state index contributed by atoms with van der Waals surface area (Å²) in [4.78, 5) is 24.4. The van der Waals surface area contributed by atoms with Gasteiger partial charge in [-0.3, -0.25) is 14.3 Å². The van der Waals surface area contributed by atoms with E-state index in [1.165, 1.54) is 24.3 Å². The normalized spacial score (nSPS) is 12.1. The first kappa shape index (κ1) is 22.4. The average Bonchev–Trinajstić information content (AvgIpc) is 2.67. The first-order chi connectivity index (χ1) is 13.6. The minimum Gasteiger partial charge on any atom is -0.354 e. The molecule has 2 aromatic carbocycles. The van der Waals surface area contributed by atoms with Crippen LogP contribution in [0.25, 0.3) is 0 Å². The minimum atomic E-state index is -3.74. The van der Waals surface area contributed by atoms with Gasteiger partial charge in [0.05, 0.1) is 4.90 Å². The molecule has 0 saturated carbocycles. The monoisotopic (exact) mass is 417 g/mol. The standard InChI is InChI=1S/C21H27N3O4S/c1-5-12-22-20(25)16(4)23-21(26)17-8-10-18(11-9-17)24-29(27,28)19-13-14(2)6-7-15(19)3/h6-11,13,16,24H,5,12H2,1-4H3,(H,22,25)(H,23,26)/t16-/m0/s1. The molecule has 1 atom stereocenters. The molecule has 0 bridgehead atoms. The molecular formula is C21H27N3O4S. The van der Waals surface area contributed by atoms with Crippen LogP contribution in [0.2, 0.25) is 0 Å². The highest BCUT2D eigenvalue weighted by Crippen LogP contribution is 2.21. The molecule has 156 valence electrons. The van der Waals surface area contributed by atoms with Gasteiger partial charge in [0.1, 0.15) is 6.04 Å². The van der Waals surface area contributed by atoms with Crippen molar-refractivity contribution in [3.63, 3.8) is 0 Å². The molecule has 0 spiro atoms. The van der Waals surface area contributed by atoms with E-state index in [1.54, 1.807) is 26.0 Å². The molecule has 7 nitrogen and oxygen atoms in total. The third-order valence-corrected chi connectivity index (χ3v) is 5.85. The summed E-state index contributed by atoms with van der Waals surface area (Å²) in [6, 6.07) is 10.6. The summed E-state index contributed by atoms with van der Waals surface area (Å²) in [5.74, 6) is -0.661. The second kappa shape index (κ2) is 9.56. The molecule has 8 heteroatoms. The van der Waals surface area contributed by atoms with Crippen molar-refractivity contribution in [2.45, 2.75) is 45.1 Å². The highest BCUT2D eigenvalue weighted by atomic mass is 32.2. The Labute approximate surface area is 172 Å². The van der Waals surface area contributed by atoms with Crippen LogP contribution in [0.15, 0.2) is 47.4 Å². The number of hydrogen-bond donors (Lipinski definition) is 3. The van der Waals surface area contributed by atoms with Crippen molar-refractivity contribution in [1.29, 1.82) is 0 Å². The van der Waals surface area contributed by atoms with E-state index < -0.39 is 22.0 Å². The van der Waals surface area contributed by atoms with Crippen molar-refractivity contribution in [3.05, 3.63) is 59.2 Å². The number of benzene rings is 2. The van der Waals surface area contributed by atoms with Gasteiger partial charge < -0.3 is 10.6 Å². The van der Waals surface area contributed by atoms with Gasteiger partial charge in [0.15, 0.2) is 0 Å². The van der Waals surface area contributed by atoms with Gasteiger partial charge in [-0.1, -0.05) is 19.1 Å². The highest BCUT2D eigenvalue weighted by molar-refractivity contribution is 7.92. The number of carbonyl (C=O) groups excluding carboxylic acids is 2. The van der Waals surface area contributed by atoms with E-state index in [9.17, 15) is 18.0 Å². The van der Waals surface area contributed by atoms with Crippen LogP contribution in [0, 0.1) is 13.8 Å². The molecule has 0 saturated heterocycles. The highest BCUT2D eigenvalue weighted by Gasteiger charge is 2.18. The van der Waals surface area contributed by atoms with Crippen molar-refractivity contribution in [1.82, 2.24) is 10.6 Å². The van der Waals surface area contributed by atoms with Gasteiger partial charge in [-0.2, -0.15) is 0 Å². The number of rotatable bonds is 8. The Balaban J connectivity index is 2.07. The Morgan fingerprint density at radius 1 is 1.03 bits per heavy atom. The van der Waals surface area contributed by atoms with Crippen LogP contribution in [0.4, 0.5) is 5.69 Å². The number of amides is 2. The summed E-state index contributed by atoms with van der Waals surface area (Å²) >= 11 is 0. The van der Waals surface area contributed by atoms with Gasteiger partial charge in [-0.25, -0.2) is 8.42 Å². The maximum absolute atomic E-state index is 12.7. The fourth-order valence-corrected chi connectivity index (χ4v) is 4.03. The Hall–Kier alpha value is -2.87. The number of nitrogens with one attached hydrogen (secondary N) is 3. The van der Waals surface area contributed by atoms with Crippen molar-refractivity contribution in [2.24, 2.45) is 0 Å². The summed E-state index contributed by atoms with van der Waals surface area (Å²) in [7, 11) is -3.74. The van der Waals surface area contributed by atoms with Gasteiger partial charge in [-0.15, -0.1) is 0 Å². The first-order valence-electron chi connectivity index (χ1n) is 9.42. The van der Waals surface area contributed by atoms with Crippen LogP contribution in [-0.2, 0) is 14.8 Å². The lowest BCUT2D eigenvalue weighted by atomic mass is 10.2. The second-order valence-corrected chi connectivity index (χ2v) is 8.59. The van der Waals surface area contributed by atoms with Crippen molar-refractivity contribution in [2.75, 3.05) is 11.3 Å². The molecule has 0 radical (unpaired) electrons. The van der Waals surface area contributed by atoms with Crippen LogP contribution < -0.4 is 15.4 Å². The Kier molecular flexibility index (Phi) is 7.39. The van der Waals surface area contributed by atoms with Crippen molar-refractivity contribution in [3.8, 4) is 0 Å². The third-order valence-electron chi connectivity index (χ3n) is 4.32. The van der Waals surface area contributed by atoms with E-state index in [1.807, 2.05) is 19.9 Å². The quantitative estimate of drug-likeness (QED) is 0.614. The first-order valence-corrected chi connectivity index (χ1v) is 10.9. The largest absolute Gasteiger partial charge is 0.354 e. The number of sulfonamides is 1. The van der Waals surface area contributed by atoms with Crippen LogP contribution >= 0.6 is 0 Å². The molecule has 29 heavy (non-hydrogen) atoms. The molecule has 2 aromatic rings. The molecule has 2 rings (SSSR count). The molecular weight excluding hydrogens is 390 g/mol. The molecule has 0 unspecified atom stereocenters. The Morgan fingerprint density at radius 3 is 2.31 bits per heavy atom. The fourth-order valence-electron chi connectivity index (χ4n) is 2.64. The van der Waals surface area contributed by atoms with Crippen LogP contribution in [0.3, 0.4) is 0 Å². The molecule has 0 aromatic heterocycles. The van der Waals surface area contributed by atoms with Gasteiger partial charge in [0.25, 0.3) is 15.9 Å². The topological polar surface area (TPSA) is 104 Å². The molecule has 0 aliphatic heterocycles. The molecule has 0 aliphatic rings. The van der Waals surface area contributed by atoms with E-state index in [0.717, 1.165) is 12.0 Å². The van der Waals surface area contributed by atoms with Gasteiger partial charge >= 0.3 is 0 Å². The fraction of sp³-hybridized carbons (Fsp3) is 0.333. The zero-order chi connectivity index (χ0) is 21.6. The van der Waals surface area contributed by atoms with Crippen LogP contribution in [0.1, 0.15) is 41.8 Å². The number of aryl methyl sites for hydroxylation is 2. The maximum Gasteiger partial charge on any atom is 0.262 e. The smallest absolute Gasteiger partial charge is 0.262 e. The predicted molar refractivity (Wildman–Crippen MR) is 113 cm³/mol. The van der Waals surface area contributed by atoms with E-state index in [0.29, 0.717) is 23.4 Å². The summed E-state index contributed by atoms with van der Waals surface area (Å²) in [6.45, 7) is 7.66. The Morgan fingerprint density at radius 2 is 1.69 bits per heavy atom. The SMILES string of the molecule is CCCNC(=O)[C@H](C)NC(=O)c1ccc(NS(=O)(=O)c2cc(C)ccc2C)cc1. The average molecular weight is 418 g/mol. The lowest BCUT2D eigenvalue weighted by Gasteiger charge is -2.14. The predicted octanol–water partition coefficient (Wildman–Crippen LogP) is 2.75. The lowest BCUT2D eigenvalue weighted by molar-refractivity contribution is -0.122. The summed E-state index contributed by atoms with van der Waals surface area (Å²) in [5, 5.41) is 5.34. The number of hydrogen-bond acceptors (Lipinski definition) is 4. The van der Waals surface area contributed by atoms with E-state index in [2.05, 4.69) is 15.4 Å². The third kappa shape index (κ3) is 6.05. The summed E-state index contributed by atoms with van der Waals surface area (Å²) in [6.07, 6.45) is 0.811. The minimum absolute atomic E-state index is 0.214. The second-order valence-electron chi connectivity index (χ2n) is 6.94. The maximum atomic E-state index is 12.7. The molecule has 2 amide bonds. The zero-order valence-electron chi connectivity index (χ0n) is 17.1. The zero-order valence-corrected chi connectivity index (χ0v) is 17.9. The van der Waals surface area contributed by atoms with E-state index >= 15 is 0 Å². The van der Waals surface area contributed by atoms with E-state index in [-0.39, 0.29) is 10.8 Å². The Bertz CT molecular complexity index is 985. The lowest BCUT2D eigenvalue weighted by Crippen LogP contribution is -2.44. The summed E-state index contributed by atoms with van der Waals surface area (Å²) < 4.78 is 27.9. The van der Waals surface area contributed by atoms with Gasteiger partial charge in [0.2, 0.25) is 5.91 Å². The molecule has 0 aliphatic carbocycles. The summed E-state index contributed by atoms with van der Waals surface area (Å²) in [5.41, 5.74) is 2.17. The molecule has 3 N–H and O–H groups in total. The van der Waals surface area contributed by atoms with Crippen molar-refractivity contribution < 1.29 is 18.0 Å².